The van der Waals surface area contributed by atoms with Crippen LogP contribution in [0.3, 0.4) is 0 Å². The summed E-state index contributed by atoms with van der Waals surface area (Å²) in [4.78, 5) is 33.1. The van der Waals surface area contributed by atoms with Crippen LogP contribution in [0.15, 0.2) is 77.8 Å². The Morgan fingerprint density at radius 1 is 1.05 bits per heavy atom. The maximum Gasteiger partial charge on any atom is 0.257 e. The minimum atomic E-state index is -0.802. The van der Waals surface area contributed by atoms with E-state index >= 15 is 0 Å². The highest BCUT2D eigenvalue weighted by Gasteiger charge is 2.48. The highest BCUT2D eigenvalue weighted by atomic mass is 16.2. The Morgan fingerprint density at radius 2 is 1.77 bits per heavy atom. The van der Waals surface area contributed by atoms with E-state index in [1.807, 2.05) is 49.4 Å². The Morgan fingerprint density at radius 3 is 2.50 bits per heavy atom. The molecule has 2 amide bonds. The van der Waals surface area contributed by atoms with Gasteiger partial charge in [0.1, 0.15) is 5.54 Å². The van der Waals surface area contributed by atoms with Crippen LogP contribution < -0.4 is 11.1 Å². The molecule has 0 saturated heterocycles. The maximum atomic E-state index is 13.5. The third-order valence-corrected chi connectivity index (χ3v) is 9.46. The molecular formula is C34H42N4O2. The lowest BCUT2D eigenvalue weighted by Crippen LogP contribution is -2.44. The molecule has 2 unspecified atom stereocenters. The standard InChI is InChI=1S/C34H42N4O2/c1-23(24(2)31(39)36-30-17-16-27-13-7-8-14-29(27)21-30)28-15-9-12-26(20-28)22-34(32(40)38(3)33(35)37-34)19-18-25-10-5-4-6-11-25/h4-8,10-11,13-14,16-17,21,23-24,26,28H,9,12,15,18-20,22H2,1-3H3,(H2,35,37)(H,36,39)/t23?,24?,26-,28+,34+/m0/s1. The van der Waals surface area contributed by atoms with Gasteiger partial charge in [0, 0.05) is 18.7 Å². The molecule has 3 aromatic carbocycles. The summed E-state index contributed by atoms with van der Waals surface area (Å²) >= 11 is 0. The van der Waals surface area contributed by atoms with Crippen LogP contribution in [0.4, 0.5) is 5.69 Å². The zero-order valence-corrected chi connectivity index (χ0v) is 24.0. The van der Waals surface area contributed by atoms with Gasteiger partial charge in [0.2, 0.25) is 5.91 Å². The van der Waals surface area contributed by atoms with Crippen LogP contribution in [0, 0.1) is 23.7 Å². The Labute approximate surface area is 238 Å². The summed E-state index contributed by atoms with van der Waals surface area (Å²) in [6, 6.07) is 24.5. The van der Waals surface area contributed by atoms with Gasteiger partial charge in [0.15, 0.2) is 5.96 Å². The van der Waals surface area contributed by atoms with Crippen molar-refractivity contribution in [3.05, 3.63) is 78.4 Å². The first kappa shape index (κ1) is 27.9. The van der Waals surface area contributed by atoms with Gasteiger partial charge < -0.3 is 11.1 Å². The molecule has 40 heavy (non-hydrogen) atoms. The van der Waals surface area contributed by atoms with E-state index < -0.39 is 5.54 Å². The molecule has 1 fully saturated rings. The van der Waals surface area contributed by atoms with Crippen molar-refractivity contribution in [2.75, 3.05) is 12.4 Å². The van der Waals surface area contributed by atoms with Crippen LogP contribution in [-0.4, -0.2) is 35.3 Å². The molecule has 0 spiro atoms. The molecule has 5 rings (SSSR count). The van der Waals surface area contributed by atoms with E-state index in [1.54, 1.807) is 7.05 Å². The smallest absolute Gasteiger partial charge is 0.257 e. The second-order valence-electron chi connectivity index (χ2n) is 12.0. The van der Waals surface area contributed by atoms with Crippen LogP contribution in [0.25, 0.3) is 10.8 Å². The van der Waals surface area contributed by atoms with Gasteiger partial charge in [0.25, 0.3) is 5.91 Å². The van der Waals surface area contributed by atoms with Crippen LogP contribution in [-0.2, 0) is 16.0 Å². The number of carbonyl (C=O) groups is 2. The van der Waals surface area contributed by atoms with E-state index in [1.165, 1.54) is 10.5 Å². The third kappa shape index (κ3) is 5.91. The van der Waals surface area contributed by atoms with Crippen molar-refractivity contribution in [2.24, 2.45) is 34.4 Å². The topological polar surface area (TPSA) is 87.8 Å². The predicted molar refractivity (Wildman–Crippen MR) is 163 cm³/mol. The van der Waals surface area contributed by atoms with E-state index in [4.69, 9.17) is 10.7 Å². The largest absolute Gasteiger partial charge is 0.369 e. The van der Waals surface area contributed by atoms with Crippen LogP contribution in [0.5, 0.6) is 0 Å². The van der Waals surface area contributed by atoms with Gasteiger partial charge in [-0.1, -0.05) is 93.8 Å². The van der Waals surface area contributed by atoms with Crippen molar-refractivity contribution in [3.63, 3.8) is 0 Å². The van der Waals surface area contributed by atoms with Crippen molar-refractivity contribution in [1.82, 2.24) is 4.90 Å². The SMILES string of the molecule is CC(C(=O)Nc1ccc2ccccc2c1)C(C)[C@@H]1CCC[C@H](C[C@@]2(CCc3ccccc3)N=C(N)N(C)C2=O)C1. The number of amides is 2. The fraction of sp³-hybridized carbons (Fsp3) is 0.441. The van der Waals surface area contributed by atoms with Gasteiger partial charge in [-0.25, -0.2) is 4.99 Å². The number of anilines is 1. The molecule has 1 heterocycles. The number of guanidine groups is 1. The zero-order chi connectivity index (χ0) is 28.3. The molecule has 0 aromatic heterocycles. The van der Waals surface area contributed by atoms with Gasteiger partial charge >= 0.3 is 0 Å². The number of aryl methyl sites for hydroxylation is 1. The summed E-state index contributed by atoms with van der Waals surface area (Å²) in [7, 11) is 1.73. The predicted octanol–water partition coefficient (Wildman–Crippen LogP) is 6.41. The number of nitrogens with zero attached hydrogens (tertiary/aromatic N) is 2. The first-order valence-corrected chi connectivity index (χ1v) is 14.7. The van der Waals surface area contributed by atoms with Gasteiger partial charge in [-0.3, -0.25) is 14.5 Å². The van der Waals surface area contributed by atoms with Crippen molar-refractivity contribution >= 4 is 34.2 Å². The average Bonchev–Trinajstić information content (AvgIpc) is 3.19. The zero-order valence-electron chi connectivity index (χ0n) is 24.0. The van der Waals surface area contributed by atoms with Gasteiger partial charge in [-0.15, -0.1) is 0 Å². The van der Waals surface area contributed by atoms with Crippen molar-refractivity contribution in [1.29, 1.82) is 0 Å². The van der Waals surface area contributed by atoms with Crippen molar-refractivity contribution in [2.45, 2.75) is 64.3 Å². The van der Waals surface area contributed by atoms with E-state index in [9.17, 15) is 9.59 Å². The summed E-state index contributed by atoms with van der Waals surface area (Å²) in [5, 5.41) is 5.44. The quantitative estimate of drug-likeness (QED) is 0.330. The lowest BCUT2D eigenvalue weighted by atomic mass is 9.68. The summed E-state index contributed by atoms with van der Waals surface area (Å²) < 4.78 is 0. The Hall–Kier alpha value is -3.67. The fourth-order valence-corrected chi connectivity index (χ4v) is 6.80. The first-order valence-electron chi connectivity index (χ1n) is 14.7. The number of carbonyl (C=O) groups excluding carboxylic acids is 2. The number of nitrogens with two attached hydrogens (primary N) is 1. The number of rotatable bonds is 9. The lowest BCUT2D eigenvalue weighted by Gasteiger charge is -2.38. The van der Waals surface area contributed by atoms with Gasteiger partial charge in [-0.05, 0) is 71.9 Å². The fourth-order valence-electron chi connectivity index (χ4n) is 6.80. The number of nitrogens with one attached hydrogen (secondary N) is 1. The van der Waals surface area contributed by atoms with Gasteiger partial charge in [0.05, 0.1) is 0 Å². The molecular weight excluding hydrogens is 496 g/mol. The van der Waals surface area contributed by atoms with Crippen LogP contribution in [0.2, 0.25) is 0 Å². The minimum absolute atomic E-state index is 0.0132. The number of hydrogen-bond donors (Lipinski definition) is 2. The van der Waals surface area contributed by atoms with Crippen molar-refractivity contribution in [3.8, 4) is 0 Å². The number of hydrogen-bond acceptors (Lipinski definition) is 4. The summed E-state index contributed by atoms with van der Waals surface area (Å²) in [5.41, 5.74) is 7.41. The highest BCUT2D eigenvalue weighted by molar-refractivity contribution is 6.06. The molecule has 1 aliphatic heterocycles. The van der Waals surface area contributed by atoms with Gasteiger partial charge in [-0.2, -0.15) is 0 Å². The highest BCUT2D eigenvalue weighted by Crippen LogP contribution is 2.43. The van der Waals surface area contributed by atoms with Crippen molar-refractivity contribution < 1.29 is 9.59 Å². The normalized spacial score (nSPS) is 24.5. The number of benzene rings is 3. The minimum Gasteiger partial charge on any atom is -0.369 e. The lowest BCUT2D eigenvalue weighted by molar-refractivity contribution is -0.131. The molecule has 0 bridgehead atoms. The summed E-state index contributed by atoms with van der Waals surface area (Å²) in [5.74, 6) is 1.32. The number of likely N-dealkylation sites (N-methyl/N-ethyl adjacent to an activating group) is 1. The molecule has 0 radical (unpaired) electrons. The second kappa shape index (κ2) is 11.8. The van der Waals surface area contributed by atoms with E-state index in [-0.39, 0.29) is 23.7 Å². The first-order chi connectivity index (χ1) is 19.3. The molecule has 6 heteroatoms. The summed E-state index contributed by atoms with van der Waals surface area (Å²) in [6.45, 7) is 4.26. The molecule has 1 aliphatic carbocycles. The van der Waals surface area contributed by atoms with E-state index in [0.29, 0.717) is 30.6 Å². The molecule has 6 nitrogen and oxygen atoms in total. The molecule has 5 atom stereocenters. The molecule has 2 aliphatic rings. The number of fused-ring (bicyclic) bond motifs is 1. The van der Waals surface area contributed by atoms with E-state index in [0.717, 1.165) is 48.6 Å². The summed E-state index contributed by atoms with van der Waals surface area (Å²) in [6.07, 6.45) is 6.47. The van der Waals surface area contributed by atoms with E-state index in [2.05, 4.69) is 42.6 Å². The monoisotopic (exact) mass is 538 g/mol. The number of aliphatic imine (C=N–C) groups is 1. The molecule has 3 aromatic rings. The average molecular weight is 539 g/mol. The Balaban J connectivity index is 1.24. The molecule has 210 valence electrons. The Bertz CT molecular complexity index is 1390. The molecule has 1 saturated carbocycles. The van der Waals surface area contributed by atoms with Crippen LogP contribution in [0.1, 0.15) is 57.9 Å². The molecule has 3 N–H and O–H groups in total. The third-order valence-electron chi connectivity index (χ3n) is 9.46. The Kier molecular flexibility index (Phi) is 8.24. The second-order valence-corrected chi connectivity index (χ2v) is 12.0. The maximum absolute atomic E-state index is 13.5. The van der Waals surface area contributed by atoms with Crippen LogP contribution >= 0.6 is 0 Å².